The smallest absolute Gasteiger partial charge is 0.338 e. The van der Waals surface area contributed by atoms with Crippen LogP contribution in [0, 0.1) is 6.92 Å². The van der Waals surface area contributed by atoms with E-state index in [1.165, 1.54) is 11.3 Å². The number of aryl methyl sites for hydroxylation is 1. The number of esters is 1. The summed E-state index contributed by atoms with van der Waals surface area (Å²) in [5.74, 6) is 0.545. The van der Waals surface area contributed by atoms with Crippen LogP contribution in [0.1, 0.15) is 43.5 Å². The van der Waals surface area contributed by atoms with Gasteiger partial charge in [-0.15, -0.1) is 0 Å². The molecule has 0 N–H and O–H groups in total. The lowest BCUT2D eigenvalue weighted by atomic mass is 9.95. The summed E-state index contributed by atoms with van der Waals surface area (Å²) in [5, 5.41) is 0. The summed E-state index contributed by atoms with van der Waals surface area (Å²) in [6, 6.07) is 35.7. The van der Waals surface area contributed by atoms with Crippen molar-refractivity contribution in [1.82, 2.24) is 9.13 Å². The van der Waals surface area contributed by atoms with Gasteiger partial charge in [0.1, 0.15) is 0 Å². The Hall–Kier alpha value is -5.93. The van der Waals surface area contributed by atoms with Crippen molar-refractivity contribution >= 4 is 23.4 Å². The maximum Gasteiger partial charge on any atom is 0.338 e. The molecule has 0 unspecified atom stereocenters. The predicted octanol–water partition coefficient (Wildman–Crippen LogP) is 7.64. The number of thiazole rings is 1. The monoisotopic (exact) mass is 709 g/mol. The summed E-state index contributed by atoms with van der Waals surface area (Å²) in [7, 11) is 1.58. The van der Waals surface area contributed by atoms with E-state index in [1.807, 2.05) is 61.5 Å². The zero-order valence-electron chi connectivity index (χ0n) is 29.8. The molecule has 52 heavy (non-hydrogen) atoms. The van der Waals surface area contributed by atoms with Gasteiger partial charge in [0.2, 0.25) is 0 Å². The van der Waals surface area contributed by atoms with Crippen LogP contribution in [0.3, 0.4) is 0 Å². The summed E-state index contributed by atoms with van der Waals surface area (Å²) >= 11 is 1.30. The Morgan fingerprint density at radius 2 is 1.54 bits per heavy atom. The van der Waals surface area contributed by atoms with Crippen molar-refractivity contribution < 1.29 is 19.0 Å². The fraction of sp³-hybridized carbons (Fsp3) is 0.186. The summed E-state index contributed by atoms with van der Waals surface area (Å²) in [6.07, 6.45) is 1.95. The van der Waals surface area contributed by atoms with Crippen LogP contribution in [0.2, 0.25) is 0 Å². The number of hydrogen-bond acceptors (Lipinski definition) is 7. The summed E-state index contributed by atoms with van der Waals surface area (Å²) < 4.78 is 21.3. The molecule has 0 aliphatic carbocycles. The van der Waals surface area contributed by atoms with E-state index in [4.69, 9.17) is 19.2 Å². The number of aromatic nitrogens is 2. The van der Waals surface area contributed by atoms with E-state index in [-0.39, 0.29) is 12.2 Å². The van der Waals surface area contributed by atoms with Gasteiger partial charge in [-0.05, 0) is 80.8 Å². The minimum atomic E-state index is -0.798. The molecule has 4 aromatic carbocycles. The number of allylic oxidation sites excluding steroid dienone is 1. The van der Waals surface area contributed by atoms with Crippen LogP contribution in [0.4, 0.5) is 0 Å². The summed E-state index contributed by atoms with van der Waals surface area (Å²) in [4.78, 5) is 33.6. The molecule has 7 rings (SSSR count). The van der Waals surface area contributed by atoms with Crippen molar-refractivity contribution in [3.05, 3.63) is 157 Å². The molecule has 0 amide bonds. The molecule has 1 atom stereocenters. The molecule has 0 saturated heterocycles. The fourth-order valence-corrected chi connectivity index (χ4v) is 7.73. The molecule has 9 heteroatoms. The maximum absolute atomic E-state index is 14.7. The van der Waals surface area contributed by atoms with E-state index >= 15 is 0 Å². The van der Waals surface area contributed by atoms with Crippen molar-refractivity contribution in [2.24, 2.45) is 4.99 Å². The average molecular weight is 710 g/mol. The van der Waals surface area contributed by atoms with Crippen molar-refractivity contribution in [1.29, 1.82) is 0 Å². The van der Waals surface area contributed by atoms with Crippen molar-refractivity contribution in [2.45, 2.75) is 33.7 Å². The number of ether oxygens (including phenoxy) is 3. The van der Waals surface area contributed by atoms with Crippen LogP contribution in [0.5, 0.6) is 11.5 Å². The number of carbonyl (C=O) groups is 1. The van der Waals surface area contributed by atoms with E-state index in [0.29, 0.717) is 44.3 Å². The number of hydrogen-bond donors (Lipinski definition) is 0. The Kier molecular flexibility index (Phi) is 9.78. The standard InChI is InChI=1S/C43H39N3O5S/c1-6-50-36-25-31(20-23-35(36)49-5)40-38(42(48)51-7-2)28(4)44-43-46(40)41(47)37(52-43)26-32-24-34(29-14-10-8-11-15-29)45(33-21-18-27(3)19-22-33)39(32)30-16-12-9-13-17-30/h8-26,40H,6-7H2,1-5H3/b37-26+/t40-/m1/s1. The second-order valence-electron chi connectivity index (χ2n) is 12.4. The van der Waals surface area contributed by atoms with Gasteiger partial charge in [0.15, 0.2) is 16.3 Å². The third-order valence-corrected chi connectivity index (χ3v) is 10.0. The molecule has 3 heterocycles. The first kappa shape index (κ1) is 34.5. The maximum atomic E-state index is 14.7. The van der Waals surface area contributed by atoms with Crippen molar-refractivity contribution in [3.8, 4) is 39.7 Å². The quantitative estimate of drug-likeness (QED) is 0.137. The number of benzene rings is 4. The van der Waals surface area contributed by atoms with Crippen LogP contribution in [-0.2, 0) is 9.53 Å². The van der Waals surface area contributed by atoms with Gasteiger partial charge in [-0.1, -0.05) is 95.8 Å². The second kappa shape index (κ2) is 14.7. The number of nitrogens with zero attached hydrogens (tertiary/aromatic N) is 3. The first-order chi connectivity index (χ1) is 25.3. The SMILES string of the molecule is CCOC(=O)C1=C(C)N=c2s/c(=C/c3cc(-c4ccccc4)n(-c4ccc(C)cc4)c3-c3ccccc3)c(=O)n2[C@@H]1c1ccc(OC)c(OCC)c1. The van der Waals surface area contributed by atoms with Crippen LogP contribution < -0.4 is 24.4 Å². The third-order valence-electron chi connectivity index (χ3n) is 9.05. The lowest BCUT2D eigenvalue weighted by Crippen LogP contribution is -2.40. The first-order valence-corrected chi connectivity index (χ1v) is 18.1. The molecule has 0 bridgehead atoms. The van der Waals surface area contributed by atoms with Crippen molar-refractivity contribution in [3.63, 3.8) is 0 Å². The Morgan fingerprint density at radius 3 is 2.19 bits per heavy atom. The minimum absolute atomic E-state index is 0.184. The molecular weight excluding hydrogens is 671 g/mol. The van der Waals surface area contributed by atoms with Crippen molar-refractivity contribution in [2.75, 3.05) is 20.3 Å². The van der Waals surface area contributed by atoms with E-state index in [9.17, 15) is 9.59 Å². The number of fused-ring (bicyclic) bond motifs is 1. The highest BCUT2D eigenvalue weighted by Gasteiger charge is 2.34. The molecular formula is C43H39N3O5S. The topological polar surface area (TPSA) is 84.1 Å². The van der Waals surface area contributed by atoms with Gasteiger partial charge in [0.05, 0.1) is 53.6 Å². The lowest BCUT2D eigenvalue weighted by molar-refractivity contribution is -0.139. The largest absolute Gasteiger partial charge is 0.493 e. The Balaban J connectivity index is 1.50. The molecule has 0 spiro atoms. The predicted molar refractivity (Wildman–Crippen MR) is 206 cm³/mol. The van der Waals surface area contributed by atoms with Gasteiger partial charge in [-0.3, -0.25) is 9.36 Å². The Labute approximate surface area is 306 Å². The highest BCUT2D eigenvalue weighted by atomic mass is 32.1. The number of rotatable bonds is 10. The molecule has 262 valence electrons. The van der Waals surface area contributed by atoms with Gasteiger partial charge in [-0.25, -0.2) is 9.79 Å². The zero-order chi connectivity index (χ0) is 36.4. The Bertz CT molecular complexity index is 2480. The molecule has 0 fully saturated rings. The van der Waals surface area contributed by atoms with Gasteiger partial charge in [-0.2, -0.15) is 0 Å². The van der Waals surface area contributed by atoms with Gasteiger partial charge in [0.25, 0.3) is 5.56 Å². The Morgan fingerprint density at radius 1 is 0.846 bits per heavy atom. The fourth-order valence-electron chi connectivity index (χ4n) is 6.69. The lowest BCUT2D eigenvalue weighted by Gasteiger charge is -2.25. The van der Waals surface area contributed by atoms with Crippen LogP contribution in [0.25, 0.3) is 34.3 Å². The molecule has 2 aromatic heterocycles. The number of methoxy groups -OCH3 is 1. The minimum Gasteiger partial charge on any atom is -0.493 e. The van der Waals surface area contributed by atoms with E-state index in [0.717, 1.165) is 39.3 Å². The highest BCUT2D eigenvalue weighted by molar-refractivity contribution is 7.07. The van der Waals surface area contributed by atoms with Crippen LogP contribution >= 0.6 is 11.3 Å². The molecule has 0 saturated carbocycles. The normalized spacial score (nSPS) is 14.2. The van der Waals surface area contributed by atoms with Gasteiger partial charge in [0, 0.05) is 11.3 Å². The third kappa shape index (κ3) is 6.39. The summed E-state index contributed by atoms with van der Waals surface area (Å²) in [6.45, 7) is 8.11. The summed E-state index contributed by atoms with van der Waals surface area (Å²) in [5.41, 5.74) is 8.23. The molecule has 0 radical (unpaired) electrons. The van der Waals surface area contributed by atoms with E-state index in [1.54, 1.807) is 31.6 Å². The molecule has 6 aromatic rings. The first-order valence-electron chi connectivity index (χ1n) is 17.3. The number of carbonyl (C=O) groups excluding carboxylic acids is 1. The van der Waals surface area contributed by atoms with Crippen LogP contribution in [0.15, 0.2) is 130 Å². The molecule has 1 aliphatic heterocycles. The molecule has 1 aliphatic rings. The average Bonchev–Trinajstić information content (AvgIpc) is 3.69. The highest BCUT2D eigenvalue weighted by Crippen LogP contribution is 2.38. The second-order valence-corrected chi connectivity index (χ2v) is 13.4. The van der Waals surface area contributed by atoms with E-state index < -0.39 is 12.0 Å². The van der Waals surface area contributed by atoms with Gasteiger partial charge < -0.3 is 18.8 Å². The van der Waals surface area contributed by atoms with Crippen LogP contribution in [-0.4, -0.2) is 35.4 Å². The van der Waals surface area contributed by atoms with Gasteiger partial charge >= 0.3 is 5.97 Å². The molecule has 8 nitrogen and oxygen atoms in total. The zero-order valence-corrected chi connectivity index (χ0v) is 30.6. The van der Waals surface area contributed by atoms with E-state index in [2.05, 4.69) is 66.1 Å².